The van der Waals surface area contributed by atoms with Crippen LogP contribution < -0.4 is 5.32 Å². The molecule has 1 amide bonds. The Balaban J connectivity index is 3.11. The predicted molar refractivity (Wildman–Crippen MR) is 78.6 cm³/mol. The SMILES string of the molecule is CCCCCCCCCC(=O)NCCCSC. The van der Waals surface area contributed by atoms with Crippen LogP contribution in [0.5, 0.6) is 0 Å². The van der Waals surface area contributed by atoms with E-state index in [0.29, 0.717) is 6.42 Å². The van der Waals surface area contributed by atoms with Crippen LogP contribution in [0, 0.1) is 0 Å². The van der Waals surface area contributed by atoms with Gasteiger partial charge in [-0.15, -0.1) is 0 Å². The lowest BCUT2D eigenvalue weighted by molar-refractivity contribution is -0.121. The summed E-state index contributed by atoms with van der Waals surface area (Å²) in [5, 5.41) is 2.98. The van der Waals surface area contributed by atoms with E-state index >= 15 is 0 Å². The van der Waals surface area contributed by atoms with Gasteiger partial charge in [-0.2, -0.15) is 11.8 Å². The van der Waals surface area contributed by atoms with Gasteiger partial charge in [-0.25, -0.2) is 0 Å². The third-order valence-electron chi connectivity index (χ3n) is 2.85. The summed E-state index contributed by atoms with van der Waals surface area (Å²) in [6.45, 7) is 3.08. The summed E-state index contributed by atoms with van der Waals surface area (Å²) in [5.41, 5.74) is 0. The summed E-state index contributed by atoms with van der Waals surface area (Å²) >= 11 is 1.83. The highest BCUT2D eigenvalue weighted by atomic mass is 32.2. The molecule has 1 N–H and O–H groups in total. The minimum Gasteiger partial charge on any atom is -0.356 e. The number of carbonyl (C=O) groups excluding carboxylic acids is 1. The quantitative estimate of drug-likeness (QED) is 0.537. The molecule has 0 aromatic carbocycles. The van der Waals surface area contributed by atoms with Crippen molar-refractivity contribution in [1.29, 1.82) is 0 Å². The number of nitrogens with one attached hydrogen (secondary N) is 1. The molecular formula is C14H29NOS. The van der Waals surface area contributed by atoms with Gasteiger partial charge in [0, 0.05) is 13.0 Å². The fourth-order valence-corrected chi connectivity index (χ4v) is 2.21. The topological polar surface area (TPSA) is 29.1 Å². The van der Waals surface area contributed by atoms with Gasteiger partial charge in [0.25, 0.3) is 0 Å². The molecule has 0 saturated carbocycles. The van der Waals surface area contributed by atoms with E-state index in [0.717, 1.165) is 25.1 Å². The van der Waals surface area contributed by atoms with Gasteiger partial charge in [-0.05, 0) is 24.9 Å². The van der Waals surface area contributed by atoms with Crippen molar-refractivity contribution in [2.45, 2.75) is 64.7 Å². The molecule has 0 aliphatic carbocycles. The summed E-state index contributed by atoms with van der Waals surface area (Å²) < 4.78 is 0. The molecule has 0 radical (unpaired) electrons. The van der Waals surface area contributed by atoms with Crippen molar-refractivity contribution in [2.24, 2.45) is 0 Å². The van der Waals surface area contributed by atoms with Crippen molar-refractivity contribution in [3.05, 3.63) is 0 Å². The molecule has 0 bridgehead atoms. The Bertz CT molecular complexity index is 174. The van der Waals surface area contributed by atoms with Crippen molar-refractivity contribution in [3.8, 4) is 0 Å². The van der Waals surface area contributed by atoms with Crippen molar-refractivity contribution < 1.29 is 4.79 Å². The van der Waals surface area contributed by atoms with Gasteiger partial charge in [0.15, 0.2) is 0 Å². The van der Waals surface area contributed by atoms with Crippen LogP contribution in [0.15, 0.2) is 0 Å². The third-order valence-corrected chi connectivity index (χ3v) is 3.55. The van der Waals surface area contributed by atoms with Crippen molar-refractivity contribution in [2.75, 3.05) is 18.6 Å². The molecule has 0 spiro atoms. The lowest BCUT2D eigenvalue weighted by Gasteiger charge is -2.04. The maximum atomic E-state index is 11.4. The summed E-state index contributed by atoms with van der Waals surface area (Å²) in [7, 11) is 0. The molecule has 0 aromatic heterocycles. The lowest BCUT2D eigenvalue weighted by atomic mass is 10.1. The van der Waals surface area contributed by atoms with E-state index in [9.17, 15) is 4.79 Å². The highest BCUT2D eigenvalue weighted by molar-refractivity contribution is 7.98. The Hall–Kier alpha value is -0.180. The highest BCUT2D eigenvalue weighted by Gasteiger charge is 1.99. The first-order valence-electron chi connectivity index (χ1n) is 7.07. The number of hydrogen-bond acceptors (Lipinski definition) is 2. The van der Waals surface area contributed by atoms with Gasteiger partial charge in [-0.1, -0.05) is 45.4 Å². The molecule has 0 aromatic rings. The molecule has 0 fully saturated rings. The zero-order valence-corrected chi connectivity index (χ0v) is 12.4. The molecule has 3 heteroatoms. The van der Waals surface area contributed by atoms with Crippen LogP contribution in [0.4, 0.5) is 0 Å². The second kappa shape index (κ2) is 13.9. The van der Waals surface area contributed by atoms with Crippen LogP contribution in [0.1, 0.15) is 64.7 Å². The van der Waals surface area contributed by atoms with Crippen LogP contribution in [-0.2, 0) is 4.79 Å². The number of thioether (sulfide) groups is 1. The smallest absolute Gasteiger partial charge is 0.219 e. The van der Waals surface area contributed by atoms with Crippen molar-refractivity contribution >= 4 is 17.7 Å². The van der Waals surface area contributed by atoms with E-state index in [-0.39, 0.29) is 5.91 Å². The second-order valence-corrected chi connectivity index (χ2v) is 5.55. The van der Waals surface area contributed by atoms with E-state index in [1.165, 1.54) is 38.5 Å². The van der Waals surface area contributed by atoms with E-state index < -0.39 is 0 Å². The molecule has 2 nitrogen and oxygen atoms in total. The van der Waals surface area contributed by atoms with E-state index in [2.05, 4.69) is 18.5 Å². The van der Waals surface area contributed by atoms with E-state index in [1.807, 2.05) is 11.8 Å². The number of rotatable bonds is 12. The molecule has 0 unspecified atom stereocenters. The zero-order valence-electron chi connectivity index (χ0n) is 11.6. The molecule has 102 valence electrons. The maximum Gasteiger partial charge on any atom is 0.219 e. The van der Waals surface area contributed by atoms with Crippen LogP contribution in [-0.4, -0.2) is 24.5 Å². The summed E-state index contributed by atoms with van der Waals surface area (Å²) in [6, 6.07) is 0. The standard InChI is InChI=1S/C14H29NOS/c1-3-4-5-6-7-8-9-11-14(16)15-12-10-13-17-2/h3-13H2,1-2H3,(H,15,16). The Morgan fingerprint density at radius 1 is 1.00 bits per heavy atom. The lowest BCUT2D eigenvalue weighted by Crippen LogP contribution is -2.24. The molecular weight excluding hydrogens is 230 g/mol. The van der Waals surface area contributed by atoms with Crippen LogP contribution >= 0.6 is 11.8 Å². The fraction of sp³-hybridized carbons (Fsp3) is 0.929. The van der Waals surface area contributed by atoms with Crippen LogP contribution in [0.25, 0.3) is 0 Å². The molecule has 0 heterocycles. The minimum absolute atomic E-state index is 0.236. The fourth-order valence-electron chi connectivity index (χ4n) is 1.78. The van der Waals surface area contributed by atoms with E-state index in [4.69, 9.17) is 0 Å². The Morgan fingerprint density at radius 2 is 1.65 bits per heavy atom. The van der Waals surface area contributed by atoms with Gasteiger partial charge >= 0.3 is 0 Å². The first kappa shape index (κ1) is 16.8. The number of hydrogen-bond donors (Lipinski definition) is 1. The Morgan fingerprint density at radius 3 is 2.29 bits per heavy atom. The summed E-state index contributed by atoms with van der Waals surface area (Å²) in [6.07, 6.45) is 12.8. The normalized spacial score (nSPS) is 10.5. The van der Waals surface area contributed by atoms with Crippen molar-refractivity contribution in [1.82, 2.24) is 5.32 Å². The predicted octanol–water partition coefficient (Wildman–Crippen LogP) is 4.00. The summed E-state index contributed by atoms with van der Waals surface area (Å²) in [4.78, 5) is 11.4. The molecule has 0 saturated heterocycles. The largest absolute Gasteiger partial charge is 0.356 e. The maximum absolute atomic E-state index is 11.4. The van der Waals surface area contributed by atoms with Gasteiger partial charge in [0.1, 0.15) is 0 Å². The Labute approximate surface area is 111 Å². The van der Waals surface area contributed by atoms with Gasteiger partial charge < -0.3 is 5.32 Å². The number of amides is 1. The highest BCUT2D eigenvalue weighted by Crippen LogP contribution is 2.08. The summed E-state index contributed by atoms with van der Waals surface area (Å²) in [5.74, 6) is 1.37. The van der Waals surface area contributed by atoms with E-state index in [1.54, 1.807) is 0 Å². The van der Waals surface area contributed by atoms with Crippen molar-refractivity contribution in [3.63, 3.8) is 0 Å². The molecule has 0 atom stereocenters. The molecule has 17 heavy (non-hydrogen) atoms. The van der Waals surface area contributed by atoms with Gasteiger partial charge in [-0.3, -0.25) is 4.79 Å². The zero-order chi connectivity index (χ0) is 12.8. The third kappa shape index (κ3) is 13.8. The minimum atomic E-state index is 0.236. The number of carbonyl (C=O) groups is 1. The van der Waals surface area contributed by atoms with Crippen LogP contribution in [0.3, 0.4) is 0 Å². The van der Waals surface area contributed by atoms with Gasteiger partial charge in [0.05, 0.1) is 0 Å². The monoisotopic (exact) mass is 259 g/mol. The first-order chi connectivity index (χ1) is 8.31. The average molecular weight is 259 g/mol. The number of unbranched alkanes of at least 4 members (excludes halogenated alkanes) is 6. The Kier molecular flexibility index (Phi) is 13.7. The molecule has 0 aliphatic rings. The van der Waals surface area contributed by atoms with Gasteiger partial charge in [0.2, 0.25) is 5.91 Å². The second-order valence-electron chi connectivity index (χ2n) is 4.57. The molecule has 0 rings (SSSR count). The molecule has 0 aliphatic heterocycles. The van der Waals surface area contributed by atoms with Crippen LogP contribution in [0.2, 0.25) is 0 Å². The average Bonchev–Trinajstić information content (AvgIpc) is 2.33. The first-order valence-corrected chi connectivity index (χ1v) is 8.46.